The van der Waals surface area contributed by atoms with Crippen molar-refractivity contribution in [3.8, 4) is 0 Å². The van der Waals surface area contributed by atoms with Gasteiger partial charge >= 0.3 is 5.97 Å². The normalized spacial score (nSPS) is 14.1. The first-order valence-electron chi connectivity index (χ1n) is 5.93. The predicted octanol–water partition coefficient (Wildman–Crippen LogP) is 2.60. The summed E-state index contributed by atoms with van der Waals surface area (Å²) in [5, 5.41) is 3.40. The number of nitrogens with one attached hydrogen (secondary N) is 1. The molecule has 0 fully saturated rings. The first kappa shape index (κ1) is 13.7. The lowest BCUT2D eigenvalue weighted by atomic mass is 10.0. The summed E-state index contributed by atoms with van der Waals surface area (Å²) in [5.74, 6) is -0.179. The maximum atomic E-state index is 11.1. The van der Waals surface area contributed by atoms with Gasteiger partial charge < -0.3 is 10.1 Å². The average Bonchev–Trinajstić information content (AvgIpc) is 2.29. The summed E-state index contributed by atoms with van der Waals surface area (Å²) in [5.41, 5.74) is 2.53. The molecule has 0 saturated heterocycles. The van der Waals surface area contributed by atoms with Crippen molar-refractivity contribution in [2.24, 2.45) is 0 Å². The van der Waals surface area contributed by atoms with Crippen LogP contribution in [0.4, 0.5) is 0 Å². The third-order valence-corrected chi connectivity index (χ3v) is 2.89. The lowest BCUT2D eigenvalue weighted by Gasteiger charge is -2.21. The molecule has 0 spiro atoms. The Balaban J connectivity index is 2.57. The summed E-state index contributed by atoms with van der Waals surface area (Å²) in [7, 11) is 1.42. The summed E-state index contributed by atoms with van der Waals surface area (Å²) in [6.07, 6.45) is 0.396. The molecule has 1 rings (SSSR count). The van der Waals surface area contributed by atoms with Gasteiger partial charge in [-0.25, -0.2) is 0 Å². The number of methoxy groups -OCH3 is 1. The molecule has 1 aromatic carbocycles. The maximum absolute atomic E-state index is 11.1. The molecule has 0 bridgehead atoms. The molecule has 0 amide bonds. The maximum Gasteiger partial charge on any atom is 0.307 e. The molecule has 94 valence electrons. The van der Waals surface area contributed by atoms with Gasteiger partial charge in [-0.05, 0) is 31.9 Å². The highest BCUT2D eigenvalue weighted by Crippen LogP contribution is 2.17. The first-order chi connectivity index (χ1) is 8.04. The van der Waals surface area contributed by atoms with Crippen LogP contribution < -0.4 is 5.32 Å². The molecule has 1 unspecified atom stereocenters. The van der Waals surface area contributed by atoms with Crippen LogP contribution in [-0.2, 0) is 9.53 Å². The minimum absolute atomic E-state index is 0.108. The van der Waals surface area contributed by atoms with Crippen molar-refractivity contribution in [2.45, 2.75) is 39.3 Å². The Morgan fingerprint density at radius 2 is 2.00 bits per heavy atom. The van der Waals surface area contributed by atoms with Crippen molar-refractivity contribution in [1.82, 2.24) is 5.32 Å². The zero-order valence-corrected chi connectivity index (χ0v) is 11.0. The van der Waals surface area contributed by atoms with Gasteiger partial charge in [0.1, 0.15) is 0 Å². The molecule has 0 aromatic heterocycles. The van der Waals surface area contributed by atoms with E-state index in [1.807, 2.05) is 19.1 Å². The summed E-state index contributed by atoms with van der Waals surface area (Å²) in [6.45, 7) is 6.19. The quantitative estimate of drug-likeness (QED) is 0.797. The number of rotatable bonds is 5. The topological polar surface area (TPSA) is 38.3 Å². The van der Waals surface area contributed by atoms with Crippen LogP contribution in [0.25, 0.3) is 0 Å². The second-order valence-corrected chi connectivity index (χ2v) is 4.43. The van der Waals surface area contributed by atoms with Crippen molar-refractivity contribution in [2.75, 3.05) is 7.11 Å². The summed E-state index contributed by atoms with van der Waals surface area (Å²) in [4.78, 5) is 11.1. The molecule has 3 nitrogen and oxygen atoms in total. The number of aryl methyl sites for hydroxylation is 1. The van der Waals surface area contributed by atoms with E-state index in [2.05, 4.69) is 36.0 Å². The third kappa shape index (κ3) is 4.19. The minimum atomic E-state index is -0.179. The molecule has 0 aliphatic heterocycles. The van der Waals surface area contributed by atoms with Crippen LogP contribution in [0.3, 0.4) is 0 Å². The van der Waals surface area contributed by atoms with Gasteiger partial charge in [-0.15, -0.1) is 0 Å². The fourth-order valence-electron chi connectivity index (χ4n) is 1.98. The van der Waals surface area contributed by atoms with E-state index in [-0.39, 0.29) is 18.1 Å². The molecule has 17 heavy (non-hydrogen) atoms. The number of carbonyl (C=O) groups excluding carboxylic acids is 1. The molecule has 0 aliphatic rings. The lowest BCUT2D eigenvalue weighted by Crippen LogP contribution is -2.31. The van der Waals surface area contributed by atoms with Gasteiger partial charge in [0.25, 0.3) is 0 Å². The molecule has 1 N–H and O–H groups in total. The molecular weight excluding hydrogens is 214 g/mol. The van der Waals surface area contributed by atoms with E-state index in [0.717, 1.165) is 0 Å². The van der Waals surface area contributed by atoms with Gasteiger partial charge in [0.05, 0.1) is 13.5 Å². The van der Waals surface area contributed by atoms with E-state index in [0.29, 0.717) is 6.42 Å². The Hall–Kier alpha value is -1.35. The van der Waals surface area contributed by atoms with Crippen molar-refractivity contribution < 1.29 is 9.53 Å². The summed E-state index contributed by atoms with van der Waals surface area (Å²) < 4.78 is 4.65. The van der Waals surface area contributed by atoms with Crippen molar-refractivity contribution >= 4 is 5.97 Å². The van der Waals surface area contributed by atoms with E-state index in [4.69, 9.17) is 0 Å². The van der Waals surface area contributed by atoms with Crippen molar-refractivity contribution in [3.05, 3.63) is 35.4 Å². The van der Waals surface area contributed by atoms with E-state index < -0.39 is 0 Å². The van der Waals surface area contributed by atoms with Crippen LogP contribution in [0, 0.1) is 6.92 Å². The van der Waals surface area contributed by atoms with Crippen molar-refractivity contribution in [3.63, 3.8) is 0 Å². The Morgan fingerprint density at radius 3 is 2.59 bits per heavy atom. The third-order valence-electron chi connectivity index (χ3n) is 2.89. The predicted molar refractivity (Wildman–Crippen MR) is 68.8 cm³/mol. The minimum Gasteiger partial charge on any atom is -0.469 e. The number of esters is 1. The molecule has 2 atom stereocenters. The number of benzene rings is 1. The van der Waals surface area contributed by atoms with Crippen LogP contribution in [0.1, 0.15) is 37.4 Å². The fourth-order valence-corrected chi connectivity index (χ4v) is 1.98. The monoisotopic (exact) mass is 235 g/mol. The van der Waals surface area contributed by atoms with Crippen LogP contribution >= 0.6 is 0 Å². The van der Waals surface area contributed by atoms with Crippen molar-refractivity contribution in [1.29, 1.82) is 0 Å². The van der Waals surface area contributed by atoms with Crippen LogP contribution in [-0.4, -0.2) is 19.1 Å². The second kappa shape index (κ2) is 6.40. The summed E-state index contributed by atoms with van der Waals surface area (Å²) >= 11 is 0. The Bertz CT molecular complexity index is 376. The Labute approximate surface area is 103 Å². The van der Waals surface area contributed by atoms with Gasteiger partial charge in [0.2, 0.25) is 0 Å². The number of hydrogen-bond donors (Lipinski definition) is 1. The summed E-state index contributed by atoms with van der Waals surface area (Å²) in [6, 6.07) is 8.61. The zero-order valence-electron chi connectivity index (χ0n) is 11.0. The van der Waals surface area contributed by atoms with Gasteiger partial charge in [-0.3, -0.25) is 4.79 Å². The molecular formula is C14H21NO2. The Morgan fingerprint density at radius 1 is 1.35 bits per heavy atom. The average molecular weight is 235 g/mol. The molecule has 1 aromatic rings. The highest BCUT2D eigenvalue weighted by Gasteiger charge is 2.13. The number of carbonyl (C=O) groups is 1. The Kier molecular flexibility index (Phi) is 5.16. The van der Waals surface area contributed by atoms with E-state index in [1.165, 1.54) is 18.2 Å². The smallest absolute Gasteiger partial charge is 0.307 e. The van der Waals surface area contributed by atoms with Gasteiger partial charge in [0.15, 0.2) is 0 Å². The second-order valence-electron chi connectivity index (χ2n) is 4.43. The molecule has 0 heterocycles. The number of ether oxygens (including phenoxy) is 1. The van der Waals surface area contributed by atoms with Crippen LogP contribution in [0.15, 0.2) is 24.3 Å². The highest BCUT2D eigenvalue weighted by molar-refractivity contribution is 5.69. The standard InChI is InChI=1S/C14H21NO2/c1-10-7-5-6-8-13(10)12(3)15-11(2)9-14(16)17-4/h5-8,11-12,15H,9H2,1-4H3/t11?,12-/m0/s1. The van der Waals surface area contributed by atoms with Crippen LogP contribution in [0.5, 0.6) is 0 Å². The molecule has 3 heteroatoms. The van der Waals surface area contributed by atoms with Crippen LogP contribution in [0.2, 0.25) is 0 Å². The molecule has 0 aliphatic carbocycles. The van der Waals surface area contributed by atoms with Gasteiger partial charge in [-0.1, -0.05) is 24.3 Å². The van der Waals surface area contributed by atoms with E-state index in [1.54, 1.807) is 0 Å². The van der Waals surface area contributed by atoms with Gasteiger partial charge in [-0.2, -0.15) is 0 Å². The lowest BCUT2D eigenvalue weighted by molar-refractivity contribution is -0.141. The molecule has 0 radical (unpaired) electrons. The SMILES string of the molecule is COC(=O)CC(C)N[C@@H](C)c1ccccc1C. The zero-order chi connectivity index (χ0) is 12.8. The largest absolute Gasteiger partial charge is 0.469 e. The fraction of sp³-hybridized carbons (Fsp3) is 0.500. The first-order valence-corrected chi connectivity index (χ1v) is 5.93. The van der Waals surface area contributed by atoms with E-state index >= 15 is 0 Å². The highest BCUT2D eigenvalue weighted by atomic mass is 16.5. The van der Waals surface area contributed by atoms with Gasteiger partial charge in [0, 0.05) is 12.1 Å². The molecule has 0 saturated carbocycles. The number of hydrogen-bond acceptors (Lipinski definition) is 3. The van der Waals surface area contributed by atoms with E-state index in [9.17, 15) is 4.79 Å².